The number of imide groups is 1. The fourth-order valence-electron chi connectivity index (χ4n) is 1.89. The predicted molar refractivity (Wildman–Crippen MR) is 89.0 cm³/mol. The Labute approximate surface area is 138 Å². The molecule has 2 N–H and O–H groups in total. The molecular weight excluding hydrogens is 314 g/mol. The molecule has 23 heavy (non-hydrogen) atoms. The molecule has 0 aliphatic heterocycles. The lowest BCUT2D eigenvalue weighted by molar-refractivity contribution is -0.119. The molecule has 0 spiro atoms. The first-order chi connectivity index (χ1) is 11.0. The molecule has 0 aliphatic carbocycles. The summed E-state index contributed by atoms with van der Waals surface area (Å²) >= 11 is 1.25. The molecule has 3 amide bonds. The third-order valence-electron chi connectivity index (χ3n) is 3.09. The van der Waals surface area contributed by atoms with E-state index in [1.165, 1.54) is 11.8 Å². The van der Waals surface area contributed by atoms with E-state index in [2.05, 4.69) is 20.8 Å². The summed E-state index contributed by atoms with van der Waals surface area (Å²) in [4.78, 5) is 23.4. The van der Waals surface area contributed by atoms with Crippen molar-refractivity contribution in [3.05, 3.63) is 30.3 Å². The number of nitrogens with one attached hydrogen (secondary N) is 2. The maximum Gasteiger partial charge on any atom is 0.321 e. The van der Waals surface area contributed by atoms with Crippen molar-refractivity contribution in [2.45, 2.75) is 24.3 Å². The molecule has 2 rings (SSSR count). The number of benzene rings is 1. The van der Waals surface area contributed by atoms with Gasteiger partial charge in [0.05, 0.1) is 5.25 Å². The van der Waals surface area contributed by atoms with Gasteiger partial charge in [-0.15, -0.1) is 10.2 Å². The average molecular weight is 333 g/mol. The number of carbonyl (C=O) groups is 2. The standard InChI is InChI=1S/C15H19N5O2S/c1-4-16-14(22)17-13(21)10(2)23-15-19-18-12(20(15)3)11-8-6-5-7-9-11/h5-10H,4H2,1-3H3,(H2,16,17,21,22)/t10-/m1/s1. The Morgan fingerprint density at radius 2 is 1.96 bits per heavy atom. The largest absolute Gasteiger partial charge is 0.338 e. The second kappa shape index (κ2) is 7.77. The Balaban J connectivity index is 2.05. The van der Waals surface area contributed by atoms with Crippen LogP contribution in [0.3, 0.4) is 0 Å². The Morgan fingerprint density at radius 3 is 2.61 bits per heavy atom. The summed E-state index contributed by atoms with van der Waals surface area (Å²) in [5, 5.41) is 13.3. The lowest BCUT2D eigenvalue weighted by Crippen LogP contribution is -2.42. The van der Waals surface area contributed by atoms with Gasteiger partial charge in [-0.1, -0.05) is 42.1 Å². The van der Waals surface area contributed by atoms with E-state index >= 15 is 0 Å². The molecular formula is C15H19N5O2S. The maximum absolute atomic E-state index is 12.0. The van der Waals surface area contributed by atoms with Gasteiger partial charge in [0.15, 0.2) is 11.0 Å². The summed E-state index contributed by atoms with van der Waals surface area (Å²) in [6.07, 6.45) is 0. The minimum atomic E-state index is -0.493. The van der Waals surface area contributed by atoms with Gasteiger partial charge in [0, 0.05) is 19.2 Å². The lowest BCUT2D eigenvalue weighted by Gasteiger charge is -2.11. The van der Waals surface area contributed by atoms with Gasteiger partial charge in [0.2, 0.25) is 5.91 Å². The molecule has 122 valence electrons. The molecule has 1 heterocycles. The second-order valence-electron chi connectivity index (χ2n) is 4.84. The van der Waals surface area contributed by atoms with Crippen LogP contribution in [0.1, 0.15) is 13.8 Å². The quantitative estimate of drug-likeness (QED) is 0.815. The molecule has 2 aromatic rings. The zero-order valence-corrected chi connectivity index (χ0v) is 14.1. The molecule has 0 bridgehead atoms. The molecule has 0 fully saturated rings. The Kier molecular flexibility index (Phi) is 5.75. The van der Waals surface area contributed by atoms with Gasteiger partial charge < -0.3 is 9.88 Å². The Morgan fingerprint density at radius 1 is 1.26 bits per heavy atom. The van der Waals surface area contributed by atoms with E-state index in [0.717, 1.165) is 11.4 Å². The number of hydrogen-bond acceptors (Lipinski definition) is 5. The molecule has 0 aliphatic rings. The topological polar surface area (TPSA) is 88.9 Å². The normalized spacial score (nSPS) is 11.8. The van der Waals surface area contributed by atoms with Crippen LogP contribution in [0.25, 0.3) is 11.4 Å². The van der Waals surface area contributed by atoms with Gasteiger partial charge in [0.1, 0.15) is 0 Å². The first-order valence-corrected chi connectivity index (χ1v) is 8.11. The Bertz CT molecular complexity index is 686. The van der Waals surface area contributed by atoms with E-state index in [0.29, 0.717) is 11.7 Å². The van der Waals surface area contributed by atoms with Crippen molar-refractivity contribution in [2.75, 3.05) is 6.54 Å². The third kappa shape index (κ3) is 4.32. The number of thioether (sulfide) groups is 1. The summed E-state index contributed by atoms with van der Waals surface area (Å²) in [5.41, 5.74) is 0.953. The summed E-state index contributed by atoms with van der Waals surface area (Å²) in [5.74, 6) is 0.356. The van der Waals surface area contributed by atoms with E-state index in [9.17, 15) is 9.59 Å². The van der Waals surface area contributed by atoms with Crippen LogP contribution in [0.4, 0.5) is 4.79 Å². The molecule has 0 unspecified atom stereocenters. The molecule has 0 radical (unpaired) electrons. The molecule has 7 nitrogen and oxygen atoms in total. The number of nitrogens with zero attached hydrogens (tertiary/aromatic N) is 3. The monoisotopic (exact) mass is 333 g/mol. The highest BCUT2D eigenvalue weighted by Gasteiger charge is 2.20. The van der Waals surface area contributed by atoms with Crippen LogP contribution in [0.15, 0.2) is 35.5 Å². The van der Waals surface area contributed by atoms with Crippen LogP contribution < -0.4 is 10.6 Å². The summed E-state index contributed by atoms with van der Waals surface area (Å²) in [6, 6.07) is 9.20. The number of amides is 3. The zero-order chi connectivity index (χ0) is 16.8. The average Bonchev–Trinajstić information content (AvgIpc) is 2.89. The van der Waals surface area contributed by atoms with Crippen molar-refractivity contribution in [3.8, 4) is 11.4 Å². The van der Waals surface area contributed by atoms with Gasteiger partial charge >= 0.3 is 6.03 Å². The van der Waals surface area contributed by atoms with Crippen molar-refractivity contribution < 1.29 is 9.59 Å². The Hall–Kier alpha value is -2.35. The predicted octanol–water partition coefficient (Wildman–Crippen LogP) is 1.81. The van der Waals surface area contributed by atoms with Gasteiger partial charge in [-0.05, 0) is 13.8 Å². The van der Waals surface area contributed by atoms with Crippen molar-refractivity contribution in [1.82, 2.24) is 25.4 Å². The van der Waals surface area contributed by atoms with E-state index < -0.39 is 11.3 Å². The van der Waals surface area contributed by atoms with E-state index in [-0.39, 0.29) is 5.91 Å². The minimum Gasteiger partial charge on any atom is -0.338 e. The molecule has 0 saturated carbocycles. The number of rotatable bonds is 5. The highest BCUT2D eigenvalue weighted by atomic mass is 32.2. The molecule has 0 saturated heterocycles. The van der Waals surface area contributed by atoms with Gasteiger partial charge in [0.25, 0.3) is 0 Å². The molecule has 8 heteroatoms. The van der Waals surface area contributed by atoms with Gasteiger partial charge in [-0.3, -0.25) is 10.1 Å². The van der Waals surface area contributed by atoms with E-state index in [1.54, 1.807) is 13.8 Å². The fraction of sp³-hybridized carbons (Fsp3) is 0.333. The summed E-state index contributed by atoms with van der Waals surface area (Å²) in [6.45, 7) is 3.97. The van der Waals surface area contributed by atoms with Gasteiger partial charge in [-0.2, -0.15) is 0 Å². The smallest absolute Gasteiger partial charge is 0.321 e. The maximum atomic E-state index is 12.0. The van der Waals surface area contributed by atoms with E-state index in [4.69, 9.17) is 0 Å². The first kappa shape index (κ1) is 17.0. The van der Waals surface area contributed by atoms with Crippen molar-refractivity contribution in [1.29, 1.82) is 0 Å². The fourth-order valence-corrected chi connectivity index (χ4v) is 2.70. The molecule has 1 aromatic heterocycles. The minimum absolute atomic E-state index is 0.370. The van der Waals surface area contributed by atoms with Crippen molar-refractivity contribution in [3.63, 3.8) is 0 Å². The summed E-state index contributed by atoms with van der Waals surface area (Å²) in [7, 11) is 1.85. The lowest BCUT2D eigenvalue weighted by atomic mass is 10.2. The SMILES string of the molecule is CCNC(=O)NC(=O)[C@@H](C)Sc1nnc(-c2ccccc2)n1C. The molecule has 1 aromatic carbocycles. The zero-order valence-electron chi connectivity index (χ0n) is 13.2. The van der Waals surface area contributed by atoms with Crippen molar-refractivity contribution in [2.24, 2.45) is 7.05 Å². The second-order valence-corrected chi connectivity index (χ2v) is 6.15. The number of hydrogen-bond donors (Lipinski definition) is 2. The number of aromatic nitrogens is 3. The van der Waals surface area contributed by atoms with Crippen LogP contribution in [-0.4, -0.2) is 38.5 Å². The van der Waals surface area contributed by atoms with Crippen LogP contribution in [0, 0.1) is 0 Å². The third-order valence-corrected chi connectivity index (χ3v) is 4.23. The van der Waals surface area contributed by atoms with Crippen LogP contribution >= 0.6 is 11.8 Å². The summed E-state index contributed by atoms with van der Waals surface area (Å²) < 4.78 is 1.83. The van der Waals surface area contributed by atoms with Gasteiger partial charge in [-0.25, -0.2) is 4.79 Å². The first-order valence-electron chi connectivity index (χ1n) is 7.23. The van der Waals surface area contributed by atoms with Crippen LogP contribution in [0.2, 0.25) is 0 Å². The number of urea groups is 1. The van der Waals surface area contributed by atoms with E-state index in [1.807, 2.05) is 41.9 Å². The van der Waals surface area contributed by atoms with Crippen LogP contribution in [-0.2, 0) is 11.8 Å². The molecule has 1 atom stereocenters. The highest BCUT2D eigenvalue weighted by Crippen LogP contribution is 2.25. The van der Waals surface area contributed by atoms with Crippen molar-refractivity contribution >= 4 is 23.7 Å². The van der Waals surface area contributed by atoms with Crippen LogP contribution in [0.5, 0.6) is 0 Å². The highest BCUT2D eigenvalue weighted by molar-refractivity contribution is 8.00. The number of carbonyl (C=O) groups excluding carboxylic acids is 2.